The largest absolute Gasteiger partial charge is 0.492 e. The Kier molecular flexibility index (Phi) is 7.14. The van der Waals surface area contributed by atoms with Gasteiger partial charge in [0.1, 0.15) is 5.75 Å². The summed E-state index contributed by atoms with van der Waals surface area (Å²) < 4.78 is 22.7. The Morgan fingerprint density at radius 1 is 1.03 bits per heavy atom. The summed E-state index contributed by atoms with van der Waals surface area (Å²) >= 11 is 0. The van der Waals surface area contributed by atoms with Crippen LogP contribution in [0.15, 0.2) is 54.6 Å². The predicted molar refractivity (Wildman–Crippen MR) is 137 cm³/mol. The molecular weight excluding hydrogens is 474 g/mol. The third kappa shape index (κ3) is 5.31. The number of methoxy groups -OCH3 is 1. The van der Waals surface area contributed by atoms with Gasteiger partial charge in [0.2, 0.25) is 12.5 Å². The maximum atomic E-state index is 13.1. The van der Waals surface area contributed by atoms with Crippen molar-refractivity contribution < 1.29 is 28.5 Å². The van der Waals surface area contributed by atoms with Crippen molar-refractivity contribution in [3.05, 3.63) is 76.9 Å². The zero-order valence-electron chi connectivity index (χ0n) is 20.8. The Morgan fingerprint density at radius 3 is 2.65 bits per heavy atom. The Morgan fingerprint density at radius 2 is 1.84 bits per heavy atom. The van der Waals surface area contributed by atoms with Gasteiger partial charge in [0.05, 0.1) is 7.11 Å². The zero-order valence-corrected chi connectivity index (χ0v) is 20.8. The summed E-state index contributed by atoms with van der Waals surface area (Å²) in [6, 6.07) is 15.9. The van der Waals surface area contributed by atoms with Crippen molar-refractivity contribution in [3.8, 4) is 23.0 Å². The topological polar surface area (TPSA) is 98.4 Å². The van der Waals surface area contributed by atoms with Crippen molar-refractivity contribution in [1.82, 2.24) is 10.2 Å². The molecule has 3 aromatic carbocycles. The van der Waals surface area contributed by atoms with E-state index in [0.29, 0.717) is 34.2 Å². The first-order chi connectivity index (χ1) is 18.0. The molecular formula is C28H29N3O6. The normalized spacial score (nSPS) is 14.0. The molecule has 0 spiro atoms. The highest BCUT2D eigenvalue weighted by Gasteiger charge is 2.32. The molecule has 192 valence electrons. The number of likely N-dealkylation sites (N-methyl/N-ethyl adjacent to an activating group) is 1. The van der Waals surface area contributed by atoms with E-state index < -0.39 is 0 Å². The molecule has 9 nitrogen and oxygen atoms in total. The Labute approximate surface area is 215 Å². The quantitative estimate of drug-likeness (QED) is 0.486. The minimum atomic E-state index is -0.316. The van der Waals surface area contributed by atoms with Crippen molar-refractivity contribution in [2.45, 2.75) is 19.5 Å². The van der Waals surface area contributed by atoms with Crippen LogP contribution in [0.25, 0.3) is 0 Å². The van der Waals surface area contributed by atoms with E-state index in [9.17, 15) is 9.59 Å². The highest BCUT2D eigenvalue weighted by Crippen LogP contribution is 2.49. The second-order valence-corrected chi connectivity index (χ2v) is 8.93. The molecule has 0 fully saturated rings. The van der Waals surface area contributed by atoms with Crippen LogP contribution in [-0.4, -0.2) is 50.8 Å². The maximum absolute atomic E-state index is 13.1. The summed E-state index contributed by atoms with van der Waals surface area (Å²) in [5, 5.41) is 5.78. The number of rotatable bonds is 8. The molecule has 2 aliphatic rings. The molecule has 0 aliphatic carbocycles. The van der Waals surface area contributed by atoms with Gasteiger partial charge in [-0.1, -0.05) is 24.3 Å². The number of para-hydroxylation sites is 1. The molecule has 2 aliphatic heterocycles. The van der Waals surface area contributed by atoms with Crippen LogP contribution >= 0.6 is 0 Å². The van der Waals surface area contributed by atoms with Gasteiger partial charge in [-0.2, -0.15) is 0 Å². The van der Waals surface area contributed by atoms with Gasteiger partial charge in [-0.15, -0.1) is 0 Å². The summed E-state index contributed by atoms with van der Waals surface area (Å²) in [6.45, 7) is 1.88. The molecule has 0 saturated heterocycles. The molecule has 9 heteroatoms. The van der Waals surface area contributed by atoms with E-state index in [2.05, 4.69) is 22.6 Å². The number of nitrogens with one attached hydrogen (secondary N) is 2. The molecule has 0 bridgehead atoms. The molecule has 0 unspecified atom stereocenters. The minimum Gasteiger partial charge on any atom is -0.492 e. The van der Waals surface area contributed by atoms with Gasteiger partial charge in [0, 0.05) is 42.0 Å². The van der Waals surface area contributed by atoms with Crippen molar-refractivity contribution >= 4 is 17.5 Å². The molecule has 5 rings (SSSR count). The van der Waals surface area contributed by atoms with Crippen LogP contribution in [0.3, 0.4) is 0 Å². The highest BCUT2D eigenvalue weighted by atomic mass is 16.7. The monoisotopic (exact) mass is 503 g/mol. The summed E-state index contributed by atoms with van der Waals surface area (Å²) in [5.74, 6) is 1.94. The molecule has 0 aromatic heterocycles. The van der Waals surface area contributed by atoms with Crippen LogP contribution in [0.5, 0.6) is 23.0 Å². The zero-order chi connectivity index (χ0) is 25.8. The molecule has 2 heterocycles. The van der Waals surface area contributed by atoms with E-state index in [-0.39, 0.29) is 31.8 Å². The fourth-order valence-electron chi connectivity index (χ4n) is 4.66. The molecule has 3 aromatic rings. The van der Waals surface area contributed by atoms with Crippen LogP contribution in [0.4, 0.5) is 5.69 Å². The van der Waals surface area contributed by atoms with E-state index >= 15 is 0 Å². The van der Waals surface area contributed by atoms with Crippen molar-refractivity contribution in [1.29, 1.82) is 0 Å². The van der Waals surface area contributed by atoms with Gasteiger partial charge in [0.15, 0.2) is 18.1 Å². The first-order valence-electron chi connectivity index (χ1n) is 12.1. The average Bonchev–Trinajstić information content (AvgIpc) is 3.40. The second kappa shape index (κ2) is 10.8. The molecule has 0 saturated carbocycles. The van der Waals surface area contributed by atoms with Gasteiger partial charge < -0.3 is 34.5 Å². The van der Waals surface area contributed by atoms with Crippen LogP contribution in [-0.2, 0) is 24.3 Å². The van der Waals surface area contributed by atoms with E-state index in [0.717, 1.165) is 36.2 Å². The summed E-state index contributed by atoms with van der Waals surface area (Å²) in [6.07, 6.45) is 0.816. The lowest BCUT2D eigenvalue weighted by molar-refractivity contribution is -0.118. The second-order valence-electron chi connectivity index (χ2n) is 8.93. The number of benzene rings is 3. The fourth-order valence-corrected chi connectivity index (χ4v) is 4.66. The van der Waals surface area contributed by atoms with Crippen LogP contribution in [0.1, 0.15) is 27.0 Å². The highest BCUT2D eigenvalue weighted by molar-refractivity contribution is 5.97. The van der Waals surface area contributed by atoms with Crippen LogP contribution < -0.4 is 29.6 Å². The number of ether oxygens (including phenoxy) is 4. The van der Waals surface area contributed by atoms with E-state index in [1.165, 1.54) is 0 Å². The van der Waals surface area contributed by atoms with Crippen LogP contribution in [0.2, 0.25) is 0 Å². The number of carbonyl (C=O) groups is 2. The number of hydrogen-bond donors (Lipinski definition) is 2. The van der Waals surface area contributed by atoms with E-state index in [1.807, 2.05) is 18.2 Å². The first kappa shape index (κ1) is 24.5. The molecule has 0 atom stereocenters. The smallest absolute Gasteiger partial charge is 0.262 e. The number of fused-ring (bicyclic) bond motifs is 2. The standard InChI is InChI=1S/C28H29N3O6/c1-31-12-11-21-22(26-27(37-17-36-26)25(34-2)23(21)15-31)14-29-28(33)18-7-6-8-19(13-18)30-24(32)16-35-20-9-4-3-5-10-20/h3-10,13H,11-12,14-17H2,1-2H3,(H,29,33)(H,30,32). The minimum absolute atomic E-state index is 0.112. The average molecular weight is 504 g/mol. The fraction of sp³-hybridized carbons (Fsp3) is 0.286. The van der Waals surface area contributed by atoms with Gasteiger partial charge in [-0.3, -0.25) is 9.59 Å². The number of nitrogens with zero attached hydrogens (tertiary/aromatic N) is 1. The van der Waals surface area contributed by atoms with Crippen molar-refractivity contribution in [2.75, 3.05) is 39.4 Å². The lowest BCUT2D eigenvalue weighted by atomic mass is 9.92. The summed E-state index contributed by atoms with van der Waals surface area (Å²) in [7, 11) is 3.70. The summed E-state index contributed by atoms with van der Waals surface area (Å²) in [5.41, 5.74) is 4.04. The molecule has 0 radical (unpaired) electrons. The van der Waals surface area contributed by atoms with Gasteiger partial charge >= 0.3 is 0 Å². The van der Waals surface area contributed by atoms with Gasteiger partial charge in [-0.05, 0) is 49.4 Å². The number of anilines is 1. The lowest BCUT2D eigenvalue weighted by Gasteiger charge is -2.29. The predicted octanol–water partition coefficient (Wildman–Crippen LogP) is 3.36. The third-order valence-electron chi connectivity index (χ3n) is 6.42. The van der Waals surface area contributed by atoms with Crippen molar-refractivity contribution in [2.24, 2.45) is 0 Å². The van der Waals surface area contributed by atoms with Gasteiger partial charge in [-0.25, -0.2) is 0 Å². The lowest BCUT2D eigenvalue weighted by Crippen LogP contribution is -2.30. The Hall–Kier alpha value is -4.24. The Balaban J connectivity index is 1.27. The molecule has 37 heavy (non-hydrogen) atoms. The summed E-state index contributed by atoms with van der Waals surface area (Å²) in [4.78, 5) is 27.6. The van der Waals surface area contributed by atoms with Gasteiger partial charge in [0.25, 0.3) is 11.8 Å². The third-order valence-corrected chi connectivity index (χ3v) is 6.42. The molecule has 2 N–H and O–H groups in total. The maximum Gasteiger partial charge on any atom is 0.262 e. The number of amides is 2. The van der Waals surface area contributed by atoms with Crippen molar-refractivity contribution in [3.63, 3.8) is 0 Å². The number of carbonyl (C=O) groups excluding carboxylic acids is 2. The SMILES string of the molecule is COc1c2c(c(CNC(=O)c3cccc(NC(=O)COc4ccccc4)c3)c3c1OCO3)CCN(C)C2. The van der Waals surface area contributed by atoms with E-state index in [4.69, 9.17) is 18.9 Å². The van der Waals surface area contributed by atoms with Crippen LogP contribution in [0, 0.1) is 0 Å². The molecule has 2 amide bonds. The first-order valence-corrected chi connectivity index (χ1v) is 12.1. The Bertz CT molecular complexity index is 1310. The number of hydrogen-bond acceptors (Lipinski definition) is 7. The van der Waals surface area contributed by atoms with E-state index in [1.54, 1.807) is 43.5 Å².